The SMILES string of the molecule is Cc1cc(NCc2ccc(F)c(CN(C)C)c2)ccc1[N+](=O)[O-]. The van der Waals surface area contributed by atoms with Crippen molar-refractivity contribution in [1.82, 2.24) is 4.90 Å². The first kappa shape index (κ1) is 16.9. The summed E-state index contributed by atoms with van der Waals surface area (Å²) in [5.74, 6) is -0.214. The van der Waals surface area contributed by atoms with Crippen LogP contribution in [0.1, 0.15) is 16.7 Å². The molecule has 0 unspecified atom stereocenters. The van der Waals surface area contributed by atoms with Crippen LogP contribution in [0.25, 0.3) is 0 Å². The third-order valence-electron chi connectivity index (χ3n) is 3.49. The van der Waals surface area contributed by atoms with Crippen LogP contribution in [-0.4, -0.2) is 23.9 Å². The molecule has 0 aliphatic carbocycles. The quantitative estimate of drug-likeness (QED) is 0.652. The number of aryl methyl sites for hydroxylation is 1. The molecule has 0 fully saturated rings. The van der Waals surface area contributed by atoms with Crippen molar-refractivity contribution in [2.75, 3.05) is 19.4 Å². The van der Waals surface area contributed by atoms with E-state index in [2.05, 4.69) is 5.32 Å². The van der Waals surface area contributed by atoms with Crippen LogP contribution < -0.4 is 5.32 Å². The number of nitro groups is 1. The van der Waals surface area contributed by atoms with Gasteiger partial charge >= 0.3 is 0 Å². The topological polar surface area (TPSA) is 58.4 Å². The number of hydrogen-bond donors (Lipinski definition) is 1. The minimum Gasteiger partial charge on any atom is -0.381 e. The number of halogens is 1. The second-order valence-corrected chi connectivity index (χ2v) is 5.78. The molecule has 122 valence electrons. The van der Waals surface area contributed by atoms with Gasteiger partial charge in [-0.15, -0.1) is 0 Å². The van der Waals surface area contributed by atoms with Gasteiger partial charge in [-0.1, -0.05) is 6.07 Å². The maximum Gasteiger partial charge on any atom is 0.272 e. The average molecular weight is 317 g/mol. The molecule has 0 spiro atoms. The van der Waals surface area contributed by atoms with Crippen LogP contribution in [0, 0.1) is 22.9 Å². The molecule has 0 aliphatic rings. The number of benzene rings is 2. The predicted molar refractivity (Wildman–Crippen MR) is 89.0 cm³/mol. The highest BCUT2D eigenvalue weighted by Gasteiger charge is 2.10. The first-order valence-corrected chi connectivity index (χ1v) is 7.28. The molecule has 0 amide bonds. The van der Waals surface area contributed by atoms with Crippen LogP contribution >= 0.6 is 0 Å². The van der Waals surface area contributed by atoms with E-state index in [9.17, 15) is 14.5 Å². The van der Waals surface area contributed by atoms with Crippen molar-refractivity contribution in [3.63, 3.8) is 0 Å². The lowest BCUT2D eigenvalue weighted by Crippen LogP contribution is -2.12. The van der Waals surface area contributed by atoms with E-state index >= 15 is 0 Å². The van der Waals surface area contributed by atoms with Gasteiger partial charge < -0.3 is 10.2 Å². The van der Waals surface area contributed by atoms with Crippen molar-refractivity contribution in [2.24, 2.45) is 0 Å². The Balaban J connectivity index is 2.09. The van der Waals surface area contributed by atoms with Crippen molar-refractivity contribution in [2.45, 2.75) is 20.0 Å². The summed E-state index contributed by atoms with van der Waals surface area (Å²) in [7, 11) is 3.79. The van der Waals surface area contributed by atoms with Gasteiger partial charge in [0, 0.05) is 36.0 Å². The Bertz CT molecular complexity index is 717. The molecule has 23 heavy (non-hydrogen) atoms. The van der Waals surface area contributed by atoms with Crippen molar-refractivity contribution in [1.29, 1.82) is 0 Å². The standard InChI is InChI=1S/C17H20FN3O2/c1-12-8-15(5-7-17(12)21(22)23)19-10-13-4-6-16(18)14(9-13)11-20(2)3/h4-9,19H,10-11H2,1-3H3. The summed E-state index contributed by atoms with van der Waals surface area (Å²) < 4.78 is 13.8. The molecule has 0 aromatic heterocycles. The summed E-state index contributed by atoms with van der Waals surface area (Å²) in [6.45, 7) is 2.77. The third kappa shape index (κ3) is 4.50. The van der Waals surface area contributed by atoms with Crippen molar-refractivity contribution in [3.8, 4) is 0 Å². The van der Waals surface area contributed by atoms with Gasteiger partial charge in [-0.05, 0) is 50.8 Å². The van der Waals surface area contributed by atoms with Gasteiger partial charge in [-0.3, -0.25) is 10.1 Å². The summed E-state index contributed by atoms with van der Waals surface area (Å²) in [6.07, 6.45) is 0. The molecular weight excluding hydrogens is 297 g/mol. The van der Waals surface area contributed by atoms with E-state index < -0.39 is 4.92 Å². The molecule has 0 bridgehead atoms. The Kier molecular flexibility index (Phi) is 5.28. The molecule has 0 saturated heterocycles. The zero-order valence-corrected chi connectivity index (χ0v) is 13.5. The molecule has 0 heterocycles. The van der Waals surface area contributed by atoms with Gasteiger partial charge in [0.05, 0.1) is 4.92 Å². The Morgan fingerprint density at radius 3 is 2.57 bits per heavy atom. The summed E-state index contributed by atoms with van der Waals surface area (Å²) in [4.78, 5) is 12.3. The fourth-order valence-electron chi connectivity index (χ4n) is 2.37. The molecular formula is C17H20FN3O2. The monoisotopic (exact) mass is 317 g/mol. The van der Waals surface area contributed by atoms with Crippen LogP contribution in [0.5, 0.6) is 0 Å². The average Bonchev–Trinajstić information content (AvgIpc) is 2.47. The molecule has 0 saturated carbocycles. The van der Waals surface area contributed by atoms with Crippen LogP contribution in [-0.2, 0) is 13.1 Å². The van der Waals surface area contributed by atoms with E-state index in [4.69, 9.17) is 0 Å². The van der Waals surface area contributed by atoms with Gasteiger partial charge in [0.1, 0.15) is 5.82 Å². The van der Waals surface area contributed by atoms with Crippen LogP contribution in [0.2, 0.25) is 0 Å². The van der Waals surface area contributed by atoms with Crippen molar-refractivity contribution < 1.29 is 9.31 Å². The molecule has 6 heteroatoms. The Morgan fingerprint density at radius 1 is 1.22 bits per heavy atom. The maximum atomic E-state index is 13.8. The highest BCUT2D eigenvalue weighted by atomic mass is 19.1. The fraction of sp³-hybridized carbons (Fsp3) is 0.294. The second kappa shape index (κ2) is 7.19. The van der Waals surface area contributed by atoms with Crippen LogP contribution in [0.4, 0.5) is 15.8 Å². The molecule has 2 aromatic rings. The lowest BCUT2D eigenvalue weighted by atomic mass is 10.1. The molecule has 2 aromatic carbocycles. The molecule has 2 rings (SSSR count). The van der Waals surface area contributed by atoms with Crippen molar-refractivity contribution >= 4 is 11.4 Å². The number of nitrogens with zero attached hydrogens (tertiary/aromatic N) is 2. The van der Waals surface area contributed by atoms with E-state index in [0.717, 1.165) is 11.3 Å². The van der Waals surface area contributed by atoms with E-state index in [1.54, 1.807) is 25.1 Å². The summed E-state index contributed by atoms with van der Waals surface area (Å²) >= 11 is 0. The van der Waals surface area contributed by atoms with E-state index in [1.807, 2.05) is 25.1 Å². The second-order valence-electron chi connectivity index (χ2n) is 5.78. The maximum absolute atomic E-state index is 13.8. The summed E-state index contributed by atoms with van der Waals surface area (Å²) in [5, 5.41) is 14.0. The number of nitrogens with one attached hydrogen (secondary N) is 1. The van der Waals surface area contributed by atoms with Gasteiger partial charge in [0.15, 0.2) is 0 Å². The molecule has 5 nitrogen and oxygen atoms in total. The number of nitro benzene ring substituents is 1. The Hall–Kier alpha value is -2.47. The third-order valence-corrected chi connectivity index (χ3v) is 3.49. The first-order chi connectivity index (χ1) is 10.9. The molecule has 0 radical (unpaired) electrons. The number of rotatable bonds is 6. The van der Waals surface area contributed by atoms with Gasteiger partial charge in [0.2, 0.25) is 0 Å². The molecule has 0 aliphatic heterocycles. The zero-order chi connectivity index (χ0) is 17.0. The van der Waals surface area contributed by atoms with Gasteiger partial charge in [-0.2, -0.15) is 0 Å². The normalized spacial score (nSPS) is 10.8. The largest absolute Gasteiger partial charge is 0.381 e. The Morgan fingerprint density at radius 2 is 1.96 bits per heavy atom. The van der Waals surface area contributed by atoms with E-state index in [1.165, 1.54) is 12.1 Å². The number of hydrogen-bond acceptors (Lipinski definition) is 4. The Labute approximate surface area is 134 Å². The van der Waals surface area contributed by atoms with Gasteiger partial charge in [0.25, 0.3) is 5.69 Å². The highest BCUT2D eigenvalue weighted by molar-refractivity contribution is 5.53. The minimum absolute atomic E-state index is 0.102. The molecule has 1 N–H and O–H groups in total. The highest BCUT2D eigenvalue weighted by Crippen LogP contribution is 2.22. The lowest BCUT2D eigenvalue weighted by Gasteiger charge is -2.13. The fourth-order valence-corrected chi connectivity index (χ4v) is 2.37. The van der Waals surface area contributed by atoms with Crippen molar-refractivity contribution in [3.05, 3.63) is 69.0 Å². The number of anilines is 1. The minimum atomic E-state index is -0.396. The van der Waals surface area contributed by atoms with E-state index in [0.29, 0.717) is 24.2 Å². The van der Waals surface area contributed by atoms with Crippen LogP contribution in [0.3, 0.4) is 0 Å². The van der Waals surface area contributed by atoms with E-state index in [-0.39, 0.29) is 11.5 Å². The lowest BCUT2D eigenvalue weighted by molar-refractivity contribution is -0.385. The smallest absolute Gasteiger partial charge is 0.272 e. The zero-order valence-electron chi connectivity index (χ0n) is 13.5. The molecule has 0 atom stereocenters. The summed E-state index contributed by atoms with van der Waals surface area (Å²) in [6, 6.07) is 9.94. The summed E-state index contributed by atoms with van der Waals surface area (Å²) in [5.41, 5.74) is 3.11. The van der Waals surface area contributed by atoms with Crippen LogP contribution in [0.15, 0.2) is 36.4 Å². The first-order valence-electron chi connectivity index (χ1n) is 7.28. The van der Waals surface area contributed by atoms with Gasteiger partial charge in [-0.25, -0.2) is 4.39 Å². The predicted octanol–water partition coefficient (Wildman–Crippen LogP) is 3.72.